The molecule has 9 rings (SSSR count). The minimum absolute atomic E-state index is 0.211. The van der Waals surface area contributed by atoms with Crippen LogP contribution >= 0.6 is 0 Å². The Hall–Kier alpha value is -6.06. The minimum Gasteiger partial charge on any atom is -0.310 e. The molecule has 2 aliphatic rings. The quantitative estimate of drug-likeness (QED) is 0.146. The fourth-order valence-electron chi connectivity index (χ4n) is 7.74. The number of allylic oxidation sites excluding steroid dienone is 1. The van der Waals surface area contributed by atoms with E-state index < -0.39 is 0 Å². The molecular formula is C45H31NO2. The highest BCUT2D eigenvalue weighted by atomic mass is 16.2. The molecule has 0 aromatic heterocycles. The van der Waals surface area contributed by atoms with Gasteiger partial charge in [-0.05, 0) is 104 Å². The first-order chi connectivity index (χ1) is 23.4. The van der Waals surface area contributed by atoms with Crippen molar-refractivity contribution in [2.75, 3.05) is 4.90 Å². The molecule has 7 aromatic carbocycles. The average molecular weight is 618 g/mol. The van der Waals surface area contributed by atoms with Crippen molar-refractivity contribution >= 4 is 56.2 Å². The van der Waals surface area contributed by atoms with Gasteiger partial charge in [-0.25, -0.2) is 0 Å². The van der Waals surface area contributed by atoms with Gasteiger partial charge in [-0.1, -0.05) is 111 Å². The Bertz CT molecular complexity index is 2450. The average Bonchev–Trinajstić information content (AvgIpc) is 3.35. The summed E-state index contributed by atoms with van der Waals surface area (Å²) in [6, 6.07) is 50.1. The van der Waals surface area contributed by atoms with Crippen LogP contribution in [-0.4, -0.2) is 11.6 Å². The molecule has 0 radical (unpaired) electrons. The van der Waals surface area contributed by atoms with E-state index in [0.717, 1.165) is 38.5 Å². The zero-order valence-electron chi connectivity index (χ0n) is 26.7. The van der Waals surface area contributed by atoms with Gasteiger partial charge in [0.1, 0.15) is 0 Å². The first-order valence-electron chi connectivity index (χ1n) is 16.3. The molecule has 1 aliphatic heterocycles. The molecule has 0 N–H and O–H groups in total. The molecular weight excluding hydrogens is 587 g/mol. The summed E-state index contributed by atoms with van der Waals surface area (Å²) in [7, 11) is 0. The number of para-hydroxylation sites is 1. The van der Waals surface area contributed by atoms with Crippen molar-refractivity contribution in [1.29, 1.82) is 0 Å². The zero-order chi connectivity index (χ0) is 32.6. The first kappa shape index (κ1) is 28.2. The van der Waals surface area contributed by atoms with E-state index in [9.17, 15) is 9.59 Å². The largest absolute Gasteiger partial charge is 0.310 e. The normalized spacial score (nSPS) is 14.6. The number of hydrogen-bond acceptors (Lipinski definition) is 3. The van der Waals surface area contributed by atoms with Crippen molar-refractivity contribution in [3.05, 3.63) is 179 Å². The number of rotatable bonds is 3. The standard InChI is InChI=1S/C45H31NO2/c1-45(2)39-27-32(29-11-5-3-6-12-29)18-21-40(39)46(34-15-7-4-8-16-34)41-22-19-33-23-28(17-20-35(33)42(41)45)24-38-43(47)36-25-30-13-9-10-14-31(30)26-37(36)44(38)48/h3-27H,1-2H3. The number of nitrogens with zero attached hydrogens (tertiary/aromatic N) is 1. The van der Waals surface area contributed by atoms with Crippen molar-refractivity contribution in [3.8, 4) is 11.1 Å². The van der Waals surface area contributed by atoms with Crippen LogP contribution in [0.3, 0.4) is 0 Å². The van der Waals surface area contributed by atoms with Crippen LogP contribution < -0.4 is 4.90 Å². The summed E-state index contributed by atoms with van der Waals surface area (Å²) < 4.78 is 0. The molecule has 3 nitrogen and oxygen atoms in total. The maximum atomic E-state index is 13.5. The lowest BCUT2D eigenvalue weighted by atomic mass is 9.71. The molecule has 1 aliphatic carbocycles. The van der Waals surface area contributed by atoms with Crippen molar-refractivity contribution < 1.29 is 9.59 Å². The molecule has 48 heavy (non-hydrogen) atoms. The van der Waals surface area contributed by atoms with E-state index in [1.165, 1.54) is 27.9 Å². The predicted octanol–water partition coefficient (Wildman–Crippen LogP) is 11.2. The lowest BCUT2D eigenvalue weighted by Crippen LogP contribution is -2.31. The summed E-state index contributed by atoms with van der Waals surface area (Å²) in [6.07, 6.45) is 1.76. The van der Waals surface area contributed by atoms with E-state index in [0.29, 0.717) is 11.1 Å². The molecule has 0 unspecified atom stereocenters. The maximum Gasteiger partial charge on any atom is 0.197 e. The van der Waals surface area contributed by atoms with E-state index in [-0.39, 0.29) is 22.6 Å². The molecule has 7 aromatic rings. The van der Waals surface area contributed by atoms with Gasteiger partial charge in [-0.15, -0.1) is 0 Å². The Morgan fingerprint density at radius 2 is 1.17 bits per heavy atom. The number of benzene rings is 7. The van der Waals surface area contributed by atoms with Crippen molar-refractivity contribution in [2.24, 2.45) is 0 Å². The molecule has 0 spiro atoms. The van der Waals surface area contributed by atoms with Crippen molar-refractivity contribution in [1.82, 2.24) is 0 Å². The fraction of sp³-hybridized carbons (Fsp3) is 0.0667. The van der Waals surface area contributed by atoms with Crippen LogP contribution in [0.25, 0.3) is 38.7 Å². The Kier molecular flexibility index (Phi) is 6.15. The Labute approximate surface area is 279 Å². The Morgan fingerprint density at radius 1 is 0.542 bits per heavy atom. The molecule has 0 atom stereocenters. The highest BCUT2D eigenvalue weighted by molar-refractivity contribution is 6.42. The summed E-state index contributed by atoms with van der Waals surface area (Å²) >= 11 is 0. The highest BCUT2D eigenvalue weighted by Crippen LogP contribution is 2.54. The smallest absolute Gasteiger partial charge is 0.197 e. The molecule has 3 heteroatoms. The van der Waals surface area contributed by atoms with Gasteiger partial charge in [0.25, 0.3) is 0 Å². The number of ketones is 2. The topological polar surface area (TPSA) is 37.4 Å². The summed E-state index contributed by atoms with van der Waals surface area (Å²) in [4.78, 5) is 29.4. The van der Waals surface area contributed by atoms with Crippen LogP contribution in [0, 0.1) is 0 Å². The number of fused-ring (bicyclic) bond motifs is 6. The van der Waals surface area contributed by atoms with E-state index in [1.54, 1.807) is 6.08 Å². The fourth-order valence-corrected chi connectivity index (χ4v) is 7.74. The molecule has 0 bridgehead atoms. The first-order valence-corrected chi connectivity index (χ1v) is 16.3. The third kappa shape index (κ3) is 4.21. The number of carbonyl (C=O) groups excluding carboxylic acids is 2. The van der Waals surface area contributed by atoms with E-state index in [2.05, 4.69) is 122 Å². The number of hydrogen-bond donors (Lipinski definition) is 0. The van der Waals surface area contributed by atoms with Gasteiger partial charge >= 0.3 is 0 Å². The van der Waals surface area contributed by atoms with Crippen LogP contribution in [-0.2, 0) is 5.41 Å². The Balaban J connectivity index is 1.19. The molecule has 0 amide bonds. The summed E-state index contributed by atoms with van der Waals surface area (Å²) in [5.41, 5.74) is 10.00. The van der Waals surface area contributed by atoms with Gasteiger partial charge in [-0.2, -0.15) is 0 Å². The third-order valence-electron chi connectivity index (χ3n) is 10.1. The second-order valence-corrected chi connectivity index (χ2v) is 13.3. The van der Waals surface area contributed by atoms with E-state index in [4.69, 9.17) is 0 Å². The van der Waals surface area contributed by atoms with Crippen molar-refractivity contribution in [3.63, 3.8) is 0 Å². The molecule has 0 saturated heterocycles. The van der Waals surface area contributed by atoms with Crippen LogP contribution in [0.15, 0.2) is 151 Å². The third-order valence-corrected chi connectivity index (χ3v) is 10.1. The van der Waals surface area contributed by atoms with Crippen LogP contribution in [0.2, 0.25) is 0 Å². The SMILES string of the molecule is CC1(C)c2cc(-c3ccccc3)ccc2N(c2ccccc2)c2ccc3cc(C=C4C(=O)c5cc6ccccc6cc5C4=O)ccc3c21. The van der Waals surface area contributed by atoms with Gasteiger partial charge in [0.2, 0.25) is 0 Å². The monoisotopic (exact) mass is 617 g/mol. The number of anilines is 3. The predicted molar refractivity (Wildman–Crippen MR) is 197 cm³/mol. The van der Waals surface area contributed by atoms with Crippen molar-refractivity contribution in [2.45, 2.75) is 19.3 Å². The van der Waals surface area contributed by atoms with Crippen LogP contribution in [0.4, 0.5) is 17.1 Å². The van der Waals surface area contributed by atoms with E-state index >= 15 is 0 Å². The second kappa shape index (κ2) is 10.5. The number of carbonyl (C=O) groups is 2. The summed E-state index contributed by atoms with van der Waals surface area (Å²) in [6.45, 7) is 4.63. The molecule has 1 heterocycles. The number of Topliss-reactive ketones (excluding diaryl/α,β-unsaturated/α-hetero) is 2. The van der Waals surface area contributed by atoms with Gasteiger partial charge in [-0.3, -0.25) is 9.59 Å². The maximum absolute atomic E-state index is 13.5. The lowest BCUT2D eigenvalue weighted by molar-refractivity contribution is 0.0990. The molecule has 228 valence electrons. The second-order valence-electron chi connectivity index (χ2n) is 13.3. The van der Waals surface area contributed by atoms with Gasteiger partial charge < -0.3 is 4.90 Å². The van der Waals surface area contributed by atoms with Gasteiger partial charge in [0.15, 0.2) is 11.6 Å². The summed E-state index contributed by atoms with van der Waals surface area (Å²) in [5.74, 6) is -0.423. The highest BCUT2D eigenvalue weighted by Gasteiger charge is 2.39. The van der Waals surface area contributed by atoms with E-state index in [1.807, 2.05) is 42.5 Å². The molecule has 0 fully saturated rings. The Morgan fingerprint density at radius 3 is 1.85 bits per heavy atom. The lowest BCUT2D eigenvalue weighted by Gasteiger charge is -2.43. The van der Waals surface area contributed by atoms with Crippen LogP contribution in [0.5, 0.6) is 0 Å². The zero-order valence-corrected chi connectivity index (χ0v) is 26.7. The van der Waals surface area contributed by atoms with Crippen LogP contribution in [0.1, 0.15) is 51.3 Å². The molecule has 0 saturated carbocycles. The minimum atomic E-state index is -0.318. The van der Waals surface area contributed by atoms with Gasteiger partial charge in [0, 0.05) is 22.2 Å². The van der Waals surface area contributed by atoms with Gasteiger partial charge in [0.05, 0.1) is 16.9 Å². The summed E-state index contributed by atoms with van der Waals surface area (Å²) in [5, 5.41) is 4.13.